The average molecular weight is 358 g/mol. The predicted octanol–water partition coefficient (Wildman–Crippen LogP) is 4.04. The Bertz CT molecular complexity index is 979. The Morgan fingerprint density at radius 1 is 1.00 bits per heavy atom. The molecule has 4 rings (SSSR count). The molecular formula is C22H22N4O. The Labute approximate surface area is 159 Å². The molecular weight excluding hydrogens is 336 g/mol. The first kappa shape index (κ1) is 17.2. The molecule has 1 aliphatic rings. The van der Waals surface area contributed by atoms with E-state index in [0.29, 0.717) is 24.6 Å². The number of amides is 1. The molecule has 5 nitrogen and oxygen atoms in total. The van der Waals surface area contributed by atoms with Crippen LogP contribution in [0, 0.1) is 13.8 Å². The van der Waals surface area contributed by atoms with Crippen LogP contribution in [0.4, 0.5) is 11.5 Å². The number of aromatic nitrogens is 2. The summed E-state index contributed by atoms with van der Waals surface area (Å²) in [6.07, 6.45) is 2.32. The third kappa shape index (κ3) is 3.82. The summed E-state index contributed by atoms with van der Waals surface area (Å²) < 4.78 is 0. The number of nitrogens with one attached hydrogen (secondary N) is 1. The lowest BCUT2D eigenvalue weighted by molar-refractivity contribution is 0.0728. The number of carbonyl (C=O) groups is 1. The quantitative estimate of drug-likeness (QED) is 0.768. The molecule has 0 saturated heterocycles. The molecule has 0 bridgehead atoms. The van der Waals surface area contributed by atoms with Gasteiger partial charge < -0.3 is 10.2 Å². The number of benzene rings is 2. The molecule has 2 heterocycles. The van der Waals surface area contributed by atoms with E-state index >= 15 is 0 Å². The molecule has 0 fully saturated rings. The van der Waals surface area contributed by atoms with Gasteiger partial charge in [0, 0.05) is 24.8 Å². The van der Waals surface area contributed by atoms with Crippen LogP contribution >= 0.6 is 0 Å². The number of rotatable bonds is 3. The summed E-state index contributed by atoms with van der Waals surface area (Å²) in [5.41, 5.74) is 6.25. The fraction of sp³-hybridized carbons (Fsp3) is 0.227. The zero-order chi connectivity index (χ0) is 18.8. The third-order valence-corrected chi connectivity index (χ3v) is 4.80. The van der Waals surface area contributed by atoms with Crippen molar-refractivity contribution < 1.29 is 4.79 Å². The van der Waals surface area contributed by atoms with Crippen molar-refractivity contribution in [3.05, 3.63) is 82.8 Å². The van der Waals surface area contributed by atoms with Crippen LogP contribution < -0.4 is 5.32 Å². The standard InChI is InChI=1S/C22H22N4O/c1-15-9-16(2)11-19(10-15)25-21-12-20(23-14-24-21)22(27)26-8-7-17-5-3-4-6-18(17)13-26/h3-6,9-12,14H,7-8,13H2,1-2H3,(H,23,24,25). The summed E-state index contributed by atoms with van der Waals surface area (Å²) in [4.78, 5) is 23.3. The van der Waals surface area contributed by atoms with Gasteiger partial charge in [-0.15, -0.1) is 0 Å². The Hall–Kier alpha value is -3.21. The lowest BCUT2D eigenvalue weighted by Gasteiger charge is -2.28. The van der Waals surface area contributed by atoms with E-state index in [1.54, 1.807) is 6.07 Å². The number of hydrogen-bond acceptors (Lipinski definition) is 4. The number of anilines is 2. The second-order valence-corrected chi connectivity index (χ2v) is 7.04. The van der Waals surface area contributed by atoms with E-state index in [4.69, 9.17) is 0 Å². The van der Waals surface area contributed by atoms with Crippen molar-refractivity contribution in [2.45, 2.75) is 26.8 Å². The third-order valence-electron chi connectivity index (χ3n) is 4.80. The second-order valence-electron chi connectivity index (χ2n) is 7.04. The fourth-order valence-corrected chi connectivity index (χ4v) is 3.57. The maximum Gasteiger partial charge on any atom is 0.272 e. The highest BCUT2D eigenvalue weighted by atomic mass is 16.2. The Morgan fingerprint density at radius 3 is 2.52 bits per heavy atom. The topological polar surface area (TPSA) is 58.1 Å². The van der Waals surface area contributed by atoms with Crippen LogP contribution in [0.1, 0.15) is 32.7 Å². The normalized spacial score (nSPS) is 13.2. The van der Waals surface area contributed by atoms with Crippen LogP contribution in [-0.2, 0) is 13.0 Å². The van der Waals surface area contributed by atoms with Crippen LogP contribution in [-0.4, -0.2) is 27.3 Å². The molecule has 0 aliphatic carbocycles. The van der Waals surface area contributed by atoms with Gasteiger partial charge in [-0.2, -0.15) is 0 Å². The van der Waals surface area contributed by atoms with Crippen molar-refractivity contribution in [3.63, 3.8) is 0 Å². The first-order valence-electron chi connectivity index (χ1n) is 9.12. The highest BCUT2D eigenvalue weighted by Gasteiger charge is 2.22. The molecule has 0 radical (unpaired) electrons. The van der Waals surface area contributed by atoms with E-state index < -0.39 is 0 Å². The maximum absolute atomic E-state index is 12.9. The zero-order valence-corrected chi connectivity index (χ0v) is 15.6. The minimum atomic E-state index is -0.0598. The predicted molar refractivity (Wildman–Crippen MR) is 106 cm³/mol. The average Bonchev–Trinajstić information content (AvgIpc) is 2.66. The van der Waals surface area contributed by atoms with Gasteiger partial charge in [0.05, 0.1) is 0 Å². The van der Waals surface area contributed by atoms with Crippen LogP contribution in [0.3, 0.4) is 0 Å². The van der Waals surface area contributed by atoms with Crippen molar-refractivity contribution in [3.8, 4) is 0 Å². The minimum absolute atomic E-state index is 0.0598. The molecule has 1 aromatic heterocycles. The van der Waals surface area contributed by atoms with Gasteiger partial charge in [0.15, 0.2) is 0 Å². The molecule has 1 aliphatic heterocycles. The van der Waals surface area contributed by atoms with Crippen LogP contribution in [0.15, 0.2) is 54.9 Å². The van der Waals surface area contributed by atoms with Crippen molar-refractivity contribution >= 4 is 17.4 Å². The molecule has 0 saturated carbocycles. The van der Waals surface area contributed by atoms with E-state index in [-0.39, 0.29) is 5.91 Å². The number of nitrogens with zero attached hydrogens (tertiary/aromatic N) is 3. The van der Waals surface area contributed by atoms with Gasteiger partial charge in [-0.1, -0.05) is 30.3 Å². The van der Waals surface area contributed by atoms with E-state index in [1.165, 1.54) is 28.6 Å². The maximum atomic E-state index is 12.9. The molecule has 0 unspecified atom stereocenters. The molecule has 136 valence electrons. The Kier molecular flexibility index (Phi) is 4.59. The first-order valence-corrected chi connectivity index (χ1v) is 9.12. The Balaban J connectivity index is 1.53. The number of hydrogen-bond donors (Lipinski definition) is 1. The van der Waals surface area contributed by atoms with Crippen molar-refractivity contribution in [2.24, 2.45) is 0 Å². The van der Waals surface area contributed by atoms with Crippen LogP contribution in [0.2, 0.25) is 0 Å². The summed E-state index contributed by atoms with van der Waals surface area (Å²) in [6, 6.07) is 16.2. The van der Waals surface area contributed by atoms with Crippen molar-refractivity contribution in [1.29, 1.82) is 0 Å². The molecule has 1 N–H and O–H groups in total. The summed E-state index contributed by atoms with van der Waals surface area (Å²) in [5.74, 6) is 0.561. The molecule has 2 aromatic carbocycles. The van der Waals surface area contributed by atoms with E-state index in [2.05, 4.69) is 59.5 Å². The number of aryl methyl sites for hydroxylation is 2. The van der Waals surface area contributed by atoms with Gasteiger partial charge in [-0.3, -0.25) is 4.79 Å². The van der Waals surface area contributed by atoms with Gasteiger partial charge in [0.25, 0.3) is 5.91 Å². The fourth-order valence-electron chi connectivity index (χ4n) is 3.57. The molecule has 5 heteroatoms. The molecule has 0 atom stereocenters. The Morgan fingerprint density at radius 2 is 1.74 bits per heavy atom. The lowest BCUT2D eigenvalue weighted by atomic mass is 10.00. The second kappa shape index (κ2) is 7.19. The van der Waals surface area contributed by atoms with Gasteiger partial charge in [-0.25, -0.2) is 9.97 Å². The molecule has 1 amide bonds. The monoisotopic (exact) mass is 358 g/mol. The van der Waals surface area contributed by atoms with E-state index in [1.807, 2.05) is 17.0 Å². The van der Waals surface area contributed by atoms with Crippen molar-refractivity contribution in [2.75, 3.05) is 11.9 Å². The highest BCUT2D eigenvalue weighted by molar-refractivity contribution is 5.93. The van der Waals surface area contributed by atoms with Gasteiger partial charge in [0.2, 0.25) is 0 Å². The van der Waals surface area contributed by atoms with Gasteiger partial charge >= 0.3 is 0 Å². The zero-order valence-electron chi connectivity index (χ0n) is 15.6. The largest absolute Gasteiger partial charge is 0.340 e. The molecule has 3 aromatic rings. The summed E-state index contributed by atoms with van der Waals surface area (Å²) in [6.45, 7) is 5.45. The molecule has 0 spiro atoms. The van der Waals surface area contributed by atoms with Gasteiger partial charge in [-0.05, 0) is 54.7 Å². The lowest BCUT2D eigenvalue weighted by Crippen LogP contribution is -2.36. The van der Waals surface area contributed by atoms with Crippen LogP contribution in [0.5, 0.6) is 0 Å². The first-order chi connectivity index (χ1) is 13.1. The van der Waals surface area contributed by atoms with Crippen LogP contribution in [0.25, 0.3) is 0 Å². The highest BCUT2D eigenvalue weighted by Crippen LogP contribution is 2.22. The summed E-state index contributed by atoms with van der Waals surface area (Å²) >= 11 is 0. The number of carbonyl (C=O) groups excluding carboxylic acids is 1. The minimum Gasteiger partial charge on any atom is -0.340 e. The van der Waals surface area contributed by atoms with E-state index in [0.717, 1.165) is 12.1 Å². The smallest absolute Gasteiger partial charge is 0.272 e. The summed E-state index contributed by atoms with van der Waals surface area (Å²) in [7, 11) is 0. The van der Waals surface area contributed by atoms with Crippen molar-refractivity contribution in [1.82, 2.24) is 14.9 Å². The summed E-state index contributed by atoms with van der Waals surface area (Å²) in [5, 5.41) is 3.28. The van der Waals surface area contributed by atoms with Gasteiger partial charge in [0.1, 0.15) is 17.8 Å². The molecule has 27 heavy (non-hydrogen) atoms. The van der Waals surface area contributed by atoms with E-state index in [9.17, 15) is 4.79 Å². The number of fused-ring (bicyclic) bond motifs is 1. The SMILES string of the molecule is Cc1cc(C)cc(Nc2cc(C(=O)N3CCc4ccccc4C3)ncn2)c1.